The van der Waals surface area contributed by atoms with Crippen molar-refractivity contribution in [1.82, 2.24) is 5.32 Å². The molecule has 0 bridgehead atoms. The minimum absolute atomic E-state index is 0.0659. The Morgan fingerprint density at radius 2 is 2.15 bits per heavy atom. The van der Waals surface area contributed by atoms with E-state index in [1.165, 1.54) is 12.8 Å². The first-order chi connectivity index (χ1) is 9.56. The van der Waals surface area contributed by atoms with E-state index in [1.54, 1.807) is 24.3 Å². The third-order valence-corrected chi connectivity index (χ3v) is 3.47. The quantitative estimate of drug-likeness (QED) is 0.782. The Kier molecular flexibility index (Phi) is 4.56. The molecule has 1 aliphatic carbocycles. The zero-order valence-corrected chi connectivity index (χ0v) is 11.6. The molecule has 1 fully saturated rings. The summed E-state index contributed by atoms with van der Waals surface area (Å²) in [4.78, 5) is 22.5. The number of carbonyl (C=O) groups excluding carboxylic acids is 1. The Hall–Kier alpha value is -2.10. The number of carboxylic acid groups (broad SMARTS) is 1. The lowest BCUT2D eigenvalue weighted by atomic mass is 10.1. The first-order valence-corrected chi connectivity index (χ1v) is 6.84. The summed E-state index contributed by atoms with van der Waals surface area (Å²) in [7, 11) is 0. The van der Waals surface area contributed by atoms with Gasteiger partial charge in [0.25, 0.3) is 0 Å². The normalized spacial score (nSPS) is 14.9. The third kappa shape index (κ3) is 4.23. The van der Waals surface area contributed by atoms with Crippen LogP contribution in [0.3, 0.4) is 0 Å². The van der Waals surface area contributed by atoms with Gasteiger partial charge >= 0.3 is 5.97 Å². The molecule has 4 nitrogen and oxygen atoms in total. The van der Waals surface area contributed by atoms with Crippen LogP contribution in [-0.2, 0) is 11.2 Å². The maximum absolute atomic E-state index is 11.7. The molecular weight excluding hydrogens is 254 g/mol. The fourth-order valence-corrected chi connectivity index (χ4v) is 2.10. The van der Waals surface area contributed by atoms with Crippen LogP contribution in [0.15, 0.2) is 35.9 Å². The van der Waals surface area contributed by atoms with Crippen molar-refractivity contribution in [3.63, 3.8) is 0 Å². The number of carboxylic acids is 1. The Bertz CT molecular complexity index is 544. The van der Waals surface area contributed by atoms with Gasteiger partial charge in [-0.15, -0.1) is 0 Å². The highest BCUT2D eigenvalue weighted by Gasteiger charge is 2.23. The number of benzene rings is 1. The summed E-state index contributed by atoms with van der Waals surface area (Å²) in [6.45, 7) is 2.50. The van der Waals surface area contributed by atoms with Crippen molar-refractivity contribution in [2.75, 3.05) is 6.54 Å². The Morgan fingerprint density at radius 3 is 2.80 bits per heavy atom. The molecule has 2 N–H and O–H groups in total. The summed E-state index contributed by atoms with van der Waals surface area (Å²) in [6.07, 6.45) is 4.68. The number of rotatable bonds is 6. The zero-order valence-electron chi connectivity index (χ0n) is 11.6. The predicted octanol–water partition coefficient (Wildman–Crippen LogP) is 2.40. The highest BCUT2D eigenvalue weighted by molar-refractivity contribution is 5.88. The number of carbonyl (C=O) groups is 2. The van der Waals surface area contributed by atoms with Gasteiger partial charge in [0.05, 0.1) is 5.56 Å². The van der Waals surface area contributed by atoms with Crippen LogP contribution >= 0.6 is 0 Å². The van der Waals surface area contributed by atoms with Gasteiger partial charge in [0.15, 0.2) is 0 Å². The second-order valence-corrected chi connectivity index (χ2v) is 5.21. The van der Waals surface area contributed by atoms with Crippen LogP contribution in [0.4, 0.5) is 0 Å². The molecule has 1 aromatic carbocycles. The molecule has 0 heterocycles. The van der Waals surface area contributed by atoms with Crippen LogP contribution in [0.2, 0.25) is 0 Å². The molecule has 0 aromatic heterocycles. The second-order valence-electron chi connectivity index (χ2n) is 5.21. The fourth-order valence-electron chi connectivity index (χ4n) is 2.10. The van der Waals surface area contributed by atoms with Crippen molar-refractivity contribution in [3.05, 3.63) is 47.0 Å². The van der Waals surface area contributed by atoms with Gasteiger partial charge in [0.2, 0.25) is 5.91 Å². The average Bonchev–Trinajstić information content (AvgIpc) is 3.23. The molecule has 106 valence electrons. The second kappa shape index (κ2) is 6.37. The van der Waals surface area contributed by atoms with Crippen molar-refractivity contribution >= 4 is 11.9 Å². The number of hydrogen-bond acceptors (Lipinski definition) is 2. The predicted molar refractivity (Wildman–Crippen MR) is 76.6 cm³/mol. The lowest BCUT2D eigenvalue weighted by Crippen LogP contribution is -2.24. The minimum atomic E-state index is -0.932. The Labute approximate surface area is 118 Å². The summed E-state index contributed by atoms with van der Waals surface area (Å²) in [5, 5.41) is 11.7. The smallest absolute Gasteiger partial charge is 0.335 e. The maximum Gasteiger partial charge on any atom is 0.335 e. The van der Waals surface area contributed by atoms with Crippen LogP contribution in [0.25, 0.3) is 0 Å². The van der Waals surface area contributed by atoms with E-state index in [4.69, 9.17) is 5.11 Å². The summed E-state index contributed by atoms with van der Waals surface area (Å²) in [5.41, 5.74) is 2.33. The van der Waals surface area contributed by atoms with Gasteiger partial charge in [0.1, 0.15) is 0 Å². The summed E-state index contributed by atoms with van der Waals surface area (Å²) in [6, 6.07) is 6.79. The number of nitrogens with one attached hydrogen (secondary N) is 1. The Balaban J connectivity index is 1.80. The number of hydrogen-bond donors (Lipinski definition) is 2. The van der Waals surface area contributed by atoms with Crippen molar-refractivity contribution in [3.8, 4) is 0 Å². The molecule has 4 heteroatoms. The van der Waals surface area contributed by atoms with E-state index in [0.29, 0.717) is 18.9 Å². The van der Waals surface area contributed by atoms with E-state index in [9.17, 15) is 9.59 Å². The SMILES string of the molecule is C/C(=C/C(=O)NCCc1cccc(C(=O)O)c1)C1CC1. The fraction of sp³-hybridized carbons (Fsp3) is 0.375. The van der Waals surface area contributed by atoms with Gasteiger partial charge in [-0.05, 0) is 49.8 Å². The number of aromatic carboxylic acids is 1. The van der Waals surface area contributed by atoms with Gasteiger partial charge in [-0.2, -0.15) is 0 Å². The molecule has 0 spiro atoms. The van der Waals surface area contributed by atoms with E-state index in [0.717, 1.165) is 11.1 Å². The summed E-state index contributed by atoms with van der Waals surface area (Å²) < 4.78 is 0. The molecule has 0 saturated heterocycles. The van der Waals surface area contributed by atoms with E-state index in [2.05, 4.69) is 5.32 Å². The molecule has 1 aromatic rings. The van der Waals surface area contributed by atoms with Crippen molar-refractivity contribution in [2.45, 2.75) is 26.2 Å². The van der Waals surface area contributed by atoms with Gasteiger partial charge in [0, 0.05) is 12.6 Å². The molecule has 0 radical (unpaired) electrons. The average molecular weight is 273 g/mol. The molecule has 1 amide bonds. The van der Waals surface area contributed by atoms with E-state index in [-0.39, 0.29) is 11.5 Å². The van der Waals surface area contributed by atoms with Crippen LogP contribution in [0.5, 0.6) is 0 Å². The molecule has 2 rings (SSSR count). The molecule has 20 heavy (non-hydrogen) atoms. The van der Waals surface area contributed by atoms with Crippen LogP contribution in [-0.4, -0.2) is 23.5 Å². The standard InChI is InChI=1S/C16H19NO3/c1-11(13-5-6-13)9-15(18)17-8-7-12-3-2-4-14(10-12)16(19)20/h2-4,9-10,13H,5-8H2,1H3,(H,17,18)(H,19,20)/b11-9-. The van der Waals surface area contributed by atoms with Crippen LogP contribution in [0.1, 0.15) is 35.7 Å². The molecular formula is C16H19NO3. The molecule has 1 aliphatic rings. The van der Waals surface area contributed by atoms with Gasteiger partial charge in [-0.1, -0.05) is 17.7 Å². The summed E-state index contributed by atoms with van der Waals surface area (Å²) >= 11 is 0. The van der Waals surface area contributed by atoms with Crippen LogP contribution < -0.4 is 5.32 Å². The molecule has 0 atom stereocenters. The highest BCUT2D eigenvalue weighted by atomic mass is 16.4. The van der Waals surface area contributed by atoms with Crippen molar-refractivity contribution in [2.24, 2.45) is 5.92 Å². The first-order valence-electron chi connectivity index (χ1n) is 6.84. The Morgan fingerprint density at radius 1 is 1.40 bits per heavy atom. The van der Waals surface area contributed by atoms with Gasteiger partial charge < -0.3 is 10.4 Å². The largest absolute Gasteiger partial charge is 0.478 e. The van der Waals surface area contributed by atoms with Crippen molar-refractivity contribution in [1.29, 1.82) is 0 Å². The maximum atomic E-state index is 11.7. The number of amides is 1. The van der Waals surface area contributed by atoms with Crippen LogP contribution in [0, 0.1) is 5.92 Å². The lowest BCUT2D eigenvalue weighted by molar-refractivity contribution is -0.116. The van der Waals surface area contributed by atoms with E-state index < -0.39 is 5.97 Å². The highest BCUT2D eigenvalue weighted by Crippen LogP contribution is 2.35. The third-order valence-electron chi connectivity index (χ3n) is 3.47. The topological polar surface area (TPSA) is 66.4 Å². The summed E-state index contributed by atoms with van der Waals surface area (Å²) in [5.74, 6) is -0.393. The number of allylic oxidation sites excluding steroid dienone is 1. The van der Waals surface area contributed by atoms with Crippen molar-refractivity contribution < 1.29 is 14.7 Å². The monoisotopic (exact) mass is 273 g/mol. The van der Waals surface area contributed by atoms with E-state index >= 15 is 0 Å². The van der Waals surface area contributed by atoms with E-state index in [1.807, 2.05) is 13.0 Å². The zero-order chi connectivity index (χ0) is 14.5. The van der Waals surface area contributed by atoms with Gasteiger partial charge in [-0.25, -0.2) is 4.79 Å². The molecule has 0 aliphatic heterocycles. The molecule has 0 unspecified atom stereocenters. The first kappa shape index (κ1) is 14.3. The molecule has 1 saturated carbocycles. The van der Waals surface area contributed by atoms with Gasteiger partial charge in [-0.3, -0.25) is 4.79 Å². The lowest BCUT2D eigenvalue weighted by Gasteiger charge is -2.05. The minimum Gasteiger partial charge on any atom is -0.478 e.